The van der Waals surface area contributed by atoms with Crippen LogP contribution in [0.1, 0.15) is 41.0 Å². The number of benzene rings is 3. The first kappa shape index (κ1) is 27.4. The summed E-state index contributed by atoms with van der Waals surface area (Å²) in [6, 6.07) is 18.1. The molecule has 1 atom stereocenters. The Morgan fingerprint density at radius 2 is 1.76 bits per heavy atom. The number of nitrogens with one attached hydrogen (secondary N) is 2. The van der Waals surface area contributed by atoms with Crippen LogP contribution in [-0.2, 0) is 11.3 Å². The number of nitrogens with zero attached hydrogens (tertiary/aromatic N) is 2. The summed E-state index contributed by atoms with van der Waals surface area (Å²) in [5, 5.41) is 8.44. The van der Waals surface area contributed by atoms with Gasteiger partial charge in [0.05, 0.1) is 23.3 Å². The van der Waals surface area contributed by atoms with E-state index in [0.29, 0.717) is 17.1 Å². The molecule has 0 aliphatic heterocycles. The maximum absolute atomic E-state index is 14.4. The van der Waals surface area contributed by atoms with Crippen molar-refractivity contribution in [1.82, 2.24) is 15.3 Å². The minimum atomic E-state index is -0.852. The van der Waals surface area contributed by atoms with E-state index in [2.05, 4.69) is 15.8 Å². The smallest absolute Gasteiger partial charge is 0.262 e. The van der Waals surface area contributed by atoms with Gasteiger partial charge < -0.3 is 9.88 Å². The van der Waals surface area contributed by atoms with Crippen LogP contribution < -0.4 is 10.7 Å². The third-order valence-electron chi connectivity index (χ3n) is 6.35. The molecule has 0 saturated heterocycles. The van der Waals surface area contributed by atoms with Gasteiger partial charge in [0.25, 0.3) is 11.8 Å². The van der Waals surface area contributed by atoms with Crippen LogP contribution in [0, 0.1) is 18.7 Å². The number of hydrogen-bond donors (Lipinski definition) is 2. The Bertz CT molecular complexity index is 1530. The summed E-state index contributed by atoms with van der Waals surface area (Å²) in [5.74, 6) is -1.45. The average molecular weight is 553 g/mol. The van der Waals surface area contributed by atoms with Gasteiger partial charge in [-0.25, -0.2) is 9.82 Å². The summed E-state index contributed by atoms with van der Waals surface area (Å²) in [6.45, 7) is 5.92. The molecular formula is C29H27Cl2FN4O2. The largest absolute Gasteiger partial charge is 0.340 e. The summed E-state index contributed by atoms with van der Waals surface area (Å²) in [4.78, 5) is 25.7. The van der Waals surface area contributed by atoms with Gasteiger partial charge >= 0.3 is 0 Å². The number of hydrazone groups is 1. The molecule has 4 aromatic rings. The van der Waals surface area contributed by atoms with E-state index in [1.807, 2.05) is 55.7 Å². The predicted molar refractivity (Wildman–Crippen MR) is 150 cm³/mol. The van der Waals surface area contributed by atoms with Gasteiger partial charge in [-0.1, -0.05) is 73.4 Å². The highest BCUT2D eigenvalue weighted by molar-refractivity contribution is 6.36. The summed E-state index contributed by atoms with van der Waals surface area (Å²) in [7, 11) is 0. The number of aromatic nitrogens is 1. The molecule has 0 bridgehead atoms. The molecule has 0 radical (unpaired) electrons. The lowest BCUT2D eigenvalue weighted by Crippen LogP contribution is -2.48. The van der Waals surface area contributed by atoms with Crippen molar-refractivity contribution in [1.29, 1.82) is 0 Å². The van der Waals surface area contributed by atoms with Crippen molar-refractivity contribution in [3.63, 3.8) is 0 Å². The summed E-state index contributed by atoms with van der Waals surface area (Å²) in [6.07, 6.45) is 1.57. The zero-order valence-corrected chi connectivity index (χ0v) is 22.6. The van der Waals surface area contributed by atoms with Crippen molar-refractivity contribution in [3.8, 4) is 0 Å². The molecule has 2 amide bonds. The average Bonchev–Trinajstić information content (AvgIpc) is 3.14. The fourth-order valence-corrected chi connectivity index (χ4v) is 4.77. The van der Waals surface area contributed by atoms with Crippen molar-refractivity contribution >= 4 is 52.1 Å². The Labute approximate surface area is 230 Å². The van der Waals surface area contributed by atoms with Crippen LogP contribution in [0.25, 0.3) is 10.9 Å². The first-order valence-electron chi connectivity index (χ1n) is 12.1. The van der Waals surface area contributed by atoms with Crippen LogP contribution in [0.5, 0.6) is 0 Å². The molecule has 2 N–H and O–H groups in total. The van der Waals surface area contributed by atoms with E-state index in [0.717, 1.165) is 22.2 Å². The summed E-state index contributed by atoms with van der Waals surface area (Å²) < 4.78 is 16.4. The minimum Gasteiger partial charge on any atom is -0.340 e. The fraction of sp³-hybridized carbons (Fsp3) is 0.207. The second kappa shape index (κ2) is 11.8. The standard InChI is InChI=1S/C29H27Cl2FN4O2/c1-17(2)27(34-28(37)22-13-12-20(30)14-24(22)31)29(38)35-33-15-23-18(3)36(26-11-7-5-9-21(23)26)16-19-8-4-6-10-25(19)32/h4-15,17,27H,16H2,1-3H3,(H,34,37)(H,35,38)/b33-15-. The molecule has 9 heteroatoms. The maximum Gasteiger partial charge on any atom is 0.262 e. The number of halogens is 3. The molecule has 0 spiro atoms. The van der Waals surface area contributed by atoms with Gasteiger partial charge in [0.15, 0.2) is 0 Å². The van der Waals surface area contributed by atoms with Gasteiger partial charge in [0, 0.05) is 32.7 Å². The van der Waals surface area contributed by atoms with Crippen LogP contribution in [0.15, 0.2) is 71.8 Å². The quantitative estimate of drug-likeness (QED) is 0.197. The second-order valence-corrected chi connectivity index (χ2v) is 10.1. The van der Waals surface area contributed by atoms with Crippen molar-refractivity contribution in [2.45, 2.75) is 33.4 Å². The zero-order valence-electron chi connectivity index (χ0n) is 21.1. The maximum atomic E-state index is 14.4. The van der Waals surface area contributed by atoms with Gasteiger partial charge in [-0.2, -0.15) is 5.10 Å². The molecule has 1 unspecified atom stereocenters. The highest BCUT2D eigenvalue weighted by atomic mass is 35.5. The minimum absolute atomic E-state index is 0.193. The molecule has 0 fully saturated rings. The normalized spacial score (nSPS) is 12.3. The highest BCUT2D eigenvalue weighted by Gasteiger charge is 2.25. The molecular weight excluding hydrogens is 526 g/mol. The molecule has 3 aromatic carbocycles. The molecule has 196 valence electrons. The summed E-state index contributed by atoms with van der Waals surface area (Å²) >= 11 is 12.1. The molecule has 6 nitrogen and oxygen atoms in total. The van der Waals surface area contributed by atoms with Crippen LogP contribution >= 0.6 is 23.2 Å². The number of carbonyl (C=O) groups is 2. The van der Waals surface area contributed by atoms with Gasteiger partial charge in [-0.05, 0) is 43.2 Å². The van der Waals surface area contributed by atoms with Crippen molar-refractivity contribution in [3.05, 3.63) is 105 Å². The van der Waals surface area contributed by atoms with Gasteiger partial charge in [-0.15, -0.1) is 0 Å². The lowest BCUT2D eigenvalue weighted by Gasteiger charge is -2.20. The van der Waals surface area contributed by atoms with E-state index in [-0.39, 0.29) is 22.3 Å². The Balaban J connectivity index is 1.54. The van der Waals surface area contributed by atoms with E-state index >= 15 is 0 Å². The van der Waals surface area contributed by atoms with Crippen LogP contribution in [0.4, 0.5) is 4.39 Å². The number of rotatable bonds is 8. The van der Waals surface area contributed by atoms with Gasteiger partial charge in [0.2, 0.25) is 0 Å². The molecule has 38 heavy (non-hydrogen) atoms. The Morgan fingerprint density at radius 1 is 1.05 bits per heavy atom. The second-order valence-electron chi connectivity index (χ2n) is 9.25. The molecule has 1 heterocycles. The van der Waals surface area contributed by atoms with E-state index in [9.17, 15) is 14.0 Å². The van der Waals surface area contributed by atoms with Crippen LogP contribution in [-0.4, -0.2) is 28.6 Å². The van der Waals surface area contributed by atoms with Gasteiger partial charge in [0.1, 0.15) is 11.9 Å². The van der Waals surface area contributed by atoms with Crippen molar-refractivity contribution < 1.29 is 14.0 Å². The van der Waals surface area contributed by atoms with E-state index < -0.39 is 17.9 Å². The van der Waals surface area contributed by atoms with Crippen molar-refractivity contribution in [2.75, 3.05) is 0 Å². The van der Waals surface area contributed by atoms with Crippen molar-refractivity contribution in [2.24, 2.45) is 11.0 Å². The Morgan fingerprint density at radius 3 is 2.47 bits per heavy atom. The number of hydrogen-bond acceptors (Lipinski definition) is 3. The predicted octanol–water partition coefficient (Wildman–Crippen LogP) is 6.35. The SMILES string of the molecule is Cc1c(/C=N\NC(=O)C(NC(=O)c2ccc(Cl)cc2Cl)C(C)C)c2ccccc2n1Cc1ccccc1F. The topological polar surface area (TPSA) is 75.5 Å². The van der Waals surface area contributed by atoms with E-state index in [1.54, 1.807) is 24.4 Å². The van der Waals surface area contributed by atoms with Crippen LogP contribution in [0.3, 0.4) is 0 Å². The van der Waals surface area contributed by atoms with Crippen LogP contribution in [0.2, 0.25) is 10.0 Å². The highest BCUT2D eigenvalue weighted by Crippen LogP contribution is 2.26. The lowest BCUT2D eigenvalue weighted by molar-refractivity contribution is -0.123. The molecule has 0 aliphatic carbocycles. The van der Waals surface area contributed by atoms with E-state index in [1.165, 1.54) is 18.2 Å². The van der Waals surface area contributed by atoms with E-state index in [4.69, 9.17) is 23.2 Å². The summed E-state index contributed by atoms with van der Waals surface area (Å²) in [5.41, 5.74) is 5.94. The Hall–Kier alpha value is -3.68. The third-order valence-corrected chi connectivity index (χ3v) is 6.89. The van der Waals surface area contributed by atoms with Gasteiger partial charge in [-0.3, -0.25) is 9.59 Å². The lowest BCUT2D eigenvalue weighted by atomic mass is 10.0. The number of fused-ring (bicyclic) bond motifs is 1. The zero-order chi connectivity index (χ0) is 27.4. The third kappa shape index (κ3) is 5.90. The molecule has 0 aliphatic rings. The first-order chi connectivity index (χ1) is 18.2. The fourth-order valence-electron chi connectivity index (χ4n) is 4.28. The number of para-hydroxylation sites is 1. The number of amides is 2. The molecule has 0 saturated carbocycles. The molecule has 1 aromatic heterocycles. The Kier molecular flexibility index (Phi) is 8.49. The first-order valence-corrected chi connectivity index (χ1v) is 12.8. The molecule has 4 rings (SSSR count). The monoisotopic (exact) mass is 552 g/mol. The number of carbonyl (C=O) groups excluding carboxylic acids is 2.